The van der Waals surface area contributed by atoms with Crippen LogP contribution in [0.15, 0.2) is 34.9 Å². The zero-order chi connectivity index (χ0) is 14.3. The molecule has 1 aromatic carbocycles. The fraction of sp³-hybridized carbons (Fsp3) is 0.0714. The van der Waals surface area contributed by atoms with Gasteiger partial charge < -0.3 is 15.9 Å². The number of anilines is 1. The Bertz CT molecular complexity index is 800. The summed E-state index contributed by atoms with van der Waals surface area (Å²) < 4.78 is 5.45. The van der Waals surface area contributed by atoms with E-state index >= 15 is 0 Å². The molecule has 2 aromatic heterocycles. The molecule has 0 fully saturated rings. The van der Waals surface area contributed by atoms with Gasteiger partial charge in [0.1, 0.15) is 23.2 Å². The number of amides is 1. The number of hydrogen-bond acceptors (Lipinski definition) is 5. The van der Waals surface area contributed by atoms with E-state index in [0.29, 0.717) is 11.5 Å². The average molecular weight is 268 g/mol. The van der Waals surface area contributed by atoms with Crippen molar-refractivity contribution >= 4 is 22.7 Å². The quantitative estimate of drug-likeness (QED) is 0.737. The second-order valence-corrected chi connectivity index (χ2v) is 4.40. The number of carbonyl (C=O) groups excluding carboxylic acids is 1. The maximum atomic E-state index is 11.3. The Morgan fingerprint density at radius 1 is 1.25 bits per heavy atom. The minimum Gasteiger partial charge on any atom is -0.464 e. The van der Waals surface area contributed by atoms with Crippen LogP contribution in [0, 0.1) is 6.92 Å². The fourth-order valence-electron chi connectivity index (χ4n) is 2.17. The van der Waals surface area contributed by atoms with Gasteiger partial charge in [-0.3, -0.25) is 4.79 Å². The maximum absolute atomic E-state index is 11.3. The van der Waals surface area contributed by atoms with Gasteiger partial charge in [-0.15, -0.1) is 0 Å². The molecule has 0 radical (unpaired) electrons. The maximum Gasteiger partial charge on any atom is 0.254 e. The van der Waals surface area contributed by atoms with Crippen LogP contribution in [0.5, 0.6) is 0 Å². The average Bonchev–Trinajstić information content (AvgIpc) is 2.81. The zero-order valence-corrected chi connectivity index (χ0v) is 10.8. The summed E-state index contributed by atoms with van der Waals surface area (Å²) >= 11 is 0. The van der Waals surface area contributed by atoms with Crippen LogP contribution < -0.4 is 11.5 Å². The Labute approximate surface area is 114 Å². The smallest absolute Gasteiger partial charge is 0.254 e. The second kappa shape index (κ2) is 4.34. The topological polar surface area (TPSA) is 108 Å². The molecule has 1 amide bonds. The largest absolute Gasteiger partial charge is 0.464 e. The van der Waals surface area contributed by atoms with E-state index < -0.39 is 5.91 Å². The van der Waals surface area contributed by atoms with Crippen LogP contribution in [0.1, 0.15) is 16.1 Å². The van der Waals surface area contributed by atoms with Crippen molar-refractivity contribution in [1.82, 2.24) is 9.97 Å². The van der Waals surface area contributed by atoms with Gasteiger partial charge in [0, 0.05) is 5.39 Å². The summed E-state index contributed by atoms with van der Waals surface area (Å²) in [5, 5.41) is 0.887. The van der Waals surface area contributed by atoms with E-state index in [9.17, 15) is 4.79 Å². The molecule has 0 unspecified atom stereocenters. The zero-order valence-electron chi connectivity index (χ0n) is 10.8. The number of nitrogen functional groups attached to an aromatic ring is 1. The number of carbonyl (C=O) groups is 1. The highest BCUT2D eigenvalue weighted by atomic mass is 16.3. The Hall–Kier alpha value is -2.89. The molecule has 0 aliphatic heterocycles. The van der Waals surface area contributed by atoms with Crippen molar-refractivity contribution < 1.29 is 9.21 Å². The van der Waals surface area contributed by atoms with Crippen LogP contribution in [0.4, 0.5) is 5.82 Å². The van der Waals surface area contributed by atoms with Gasteiger partial charge in [0.05, 0.1) is 11.3 Å². The SMILES string of the molecule is Cc1nc(-c2coc3ccccc23)nc(N)c1C(N)=O. The number of nitrogens with zero attached hydrogens (tertiary/aromatic N) is 2. The number of benzene rings is 1. The van der Waals surface area contributed by atoms with Crippen molar-refractivity contribution in [2.45, 2.75) is 6.92 Å². The van der Waals surface area contributed by atoms with E-state index in [0.717, 1.165) is 16.5 Å². The predicted molar refractivity (Wildman–Crippen MR) is 74.9 cm³/mol. The molecule has 3 rings (SSSR count). The normalized spacial score (nSPS) is 10.8. The number of hydrogen-bond donors (Lipinski definition) is 2. The van der Waals surface area contributed by atoms with E-state index in [1.165, 1.54) is 0 Å². The van der Waals surface area contributed by atoms with Gasteiger partial charge in [-0.05, 0) is 13.0 Å². The summed E-state index contributed by atoms with van der Waals surface area (Å²) in [7, 11) is 0. The van der Waals surface area contributed by atoms with Crippen molar-refractivity contribution in [3.63, 3.8) is 0 Å². The molecule has 0 saturated carbocycles. The summed E-state index contributed by atoms with van der Waals surface area (Å²) in [5.74, 6) is -0.149. The fourth-order valence-corrected chi connectivity index (χ4v) is 2.17. The number of para-hydroxylation sites is 1. The van der Waals surface area contributed by atoms with E-state index in [1.807, 2.05) is 24.3 Å². The predicted octanol–water partition coefficient (Wildman–Crippen LogP) is 1.88. The third-order valence-corrected chi connectivity index (χ3v) is 3.09. The molecule has 0 atom stereocenters. The summed E-state index contributed by atoms with van der Waals surface area (Å²) in [5.41, 5.74) is 13.1. The lowest BCUT2D eigenvalue weighted by Gasteiger charge is -2.06. The molecule has 0 saturated heterocycles. The molecule has 3 aromatic rings. The van der Waals surface area contributed by atoms with Gasteiger partial charge in [-0.25, -0.2) is 9.97 Å². The van der Waals surface area contributed by atoms with Crippen LogP contribution in [-0.4, -0.2) is 15.9 Å². The summed E-state index contributed by atoms with van der Waals surface area (Å²) in [4.78, 5) is 19.7. The van der Waals surface area contributed by atoms with E-state index in [4.69, 9.17) is 15.9 Å². The minimum absolute atomic E-state index is 0.0743. The molecule has 0 aliphatic carbocycles. The van der Waals surface area contributed by atoms with Crippen LogP contribution in [-0.2, 0) is 0 Å². The third kappa shape index (κ3) is 1.78. The Balaban J connectivity index is 2.23. The number of nitrogens with two attached hydrogens (primary N) is 2. The van der Waals surface area contributed by atoms with Crippen LogP contribution >= 0.6 is 0 Å². The minimum atomic E-state index is -0.636. The molecule has 0 spiro atoms. The number of primary amides is 1. The Morgan fingerprint density at radius 2 is 2.00 bits per heavy atom. The molecule has 100 valence electrons. The number of aryl methyl sites for hydroxylation is 1. The molecule has 2 heterocycles. The Kier molecular flexibility index (Phi) is 2.64. The van der Waals surface area contributed by atoms with Gasteiger partial charge in [0.25, 0.3) is 5.91 Å². The summed E-state index contributed by atoms with van der Waals surface area (Å²) in [6, 6.07) is 7.54. The van der Waals surface area contributed by atoms with E-state index in [2.05, 4.69) is 9.97 Å². The van der Waals surface area contributed by atoms with Crippen molar-refractivity contribution in [1.29, 1.82) is 0 Å². The first-order chi connectivity index (χ1) is 9.58. The first-order valence-corrected chi connectivity index (χ1v) is 5.98. The number of rotatable bonds is 2. The molecular weight excluding hydrogens is 256 g/mol. The molecule has 6 nitrogen and oxygen atoms in total. The first-order valence-electron chi connectivity index (χ1n) is 5.98. The highest BCUT2D eigenvalue weighted by Crippen LogP contribution is 2.29. The standard InChI is InChI=1S/C14H12N4O2/c1-7-11(13(16)19)12(15)18-14(17-7)9-6-20-10-5-3-2-4-8(9)10/h2-6H,1H3,(H2,16,19)(H2,15,17,18). The molecule has 4 N–H and O–H groups in total. The van der Waals surface area contributed by atoms with Crippen LogP contribution in [0.3, 0.4) is 0 Å². The van der Waals surface area contributed by atoms with Crippen molar-refractivity contribution in [3.05, 3.63) is 41.8 Å². The van der Waals surface area contributed by atoms with Gasteiger partial charge in [0.2, 0.25) is 0 Å². The summed E-state index contributed by atoms with van der Waals surface area (Å²) in [6.07, 6.45) is 1.57. The third-order valence-electron chi connectivity index (χ3n) is 3.09. The highest BCUT2D eigenvalue weighted by molar-refractivity contribution is 5.99. The highest BCUT2D eigenvalue weighted by Gasteiger charge is 2.17. The lowest BCUT2D eigenvalue weighted by molar-refractivity contribution is 0.1000. The lowest BCUT2D eigenvalue weighted by atomic mass is 10.1. The van der Waals surface area contributed by atoms with Crippen LogP contribution in [0.25, 0.3) is 22.4 Å². The Morgan fingerprint density at radius 3 is 2.70 bits per heavy atom. The van der Waals surface area contributed by atoms with Gasteiger partial charge in [-0.2, -0.15) is 0 Å². The van der Waals surface area contributed by atoms with E-state index in [1.54, 1.807) is 13.2 Å². The second-order valence-electron chi connectivity index (χ2n) is 4.40. The molecular formula is C14H12N4O2. The van der Waals surface area contributed by atoms with E-state index in [-0.39, 0.29) is 11.4 Å². The monoisotopic (exact) mass is 268 g/mol. The van der Waals surface area contributed by atoms with Gasteiger partial charge in [-0.1, -0.05) is 18.2 Å². The number of aromatic nitrogens is 2. The summed E-state index contributed by atoms with van der Waals surface area (Å²) in [6.45, 7) is 1.67. The number of furan rings is 1. The van der Waals surface area contributed by atoms with Crippen LogP contribution in [0.2, 0.25) is 0 Å². The van der Waals surface area contributed by atoms with Gasteiger partial charge in [0.15, 0.2) is 5.82 Å². The molecule has 0 bridgehead atoms. The molecule has 0 aliphatic rings. The molecule has 20 heavy (non-hydrogen) atoms. The molecule has 6 heteroatoms. The van der Waals surface area contributed by atoms with Crippen molar-refractivity contribution in [2.75, 3.05) is 5.73 Å². The lowest BCUT2D eigenvalue weighted by Crippen LogP contribution is -2.17. The number of fused-ring (bicyclic) bond motifs is 1. The first kappa shape index (κ1) is 12.2. The van der Waals surface area contributed by atoms with Gasteiger partial charge >= 0.3 is 0 Å². The van der Waals surface area contributed by atoms with Crippen molar-refractivity contribution in [2.24, 2.45) is 5.73 Å². The van der Waals surface area contributed by atoms with Crippen molar-refractivity contribution in [3.8, 4) is 11.4 Å².